The van der Waals surface area contributed by atoms with E-state index in [1.807, 2.05) is 24.3 Å². The maximum Gasteiger partial charge on any atom is 0.407 e. The number of rotatable bonds is 10. The molecule has 186 valence electrons. The minimum atomic E-state index is -3.95. The molecule has 1 fully saturated rings. The minimum absolute atomic E-state index is 0.0827. The lowest BCUT2D eigenvalue weighted by Gasteiger charge is -2.38. The number of amides is 1. The molecule has 0 bridgehead atoms. The Morgan fingerprint density at radius 3 is 1.97 bits per heavy atom. The Morgan fingerprint density at radius 1 is 1.00 bits per heavy atom. The molecule has 2 aromatic carbocycles. The molecule has 1 unspecified atom stereocenters. The Kier molecular flexibility index (Phi) is 7.27. The first kappa shape index (κ1) is 24.6. The molecule has 1 amide bonds. The molecule has 1 atom stereocenters. The average molecular weight is 501 g/mol. The summed E-state index contributed by atoms with van der Waals surface area (Å²) in [5, 5.41) is 13.4. The second-order valence-corrected chi connectivity index (χ2v) is 10.1. The van der Waals surface area contributed by atoms with Gasteiger partial charge in [0.1, 0.15) is 11.5 Å². The molecule has 3 aromatic rings. The lowest BCUT2D eigenvalue weighted by Crippen LogP contribution is -2.52. The van der Waals surface area contributed by atoms with Gasteiger partial charge >= 0.3 is 6.09 Å². The van der Waals surface area contributed by atoms with Gasteiger partial charge in [0, 0.05) is 25.8 Å². The number of ether oxygens (including phenoxy) is 2. The summed E-state index contributed by atoms with van der Waals surface area (Å²) in [6.07, 6.45) is 1.31. The number of hydrogen-bond acceptors (Lipinski definition) is 6. The summed E-state index contributed by atoms with van der Waals surface area (Å²) < 4.78 is 40.5. The highest BCUT2D eigenvalue weighted by molar-refractivity contribution is 7.89. The molecule has 1 aliphatic heterocycles. The number of nitrogens with zero attached hydrogens (tertiary/aromatic N) is 4. The number of likely N-dealkylation sites (tertiary alicyclic amines) is 1. The molecule has 0 aliphatic carbocycles. The van der Waals surface area contributed by atoms with E-state index < -0.39 is 16.1 Å². The van der Waals surface area contributed by atoms with Gasteiger partial charge in [0.15, 0.2) is 5.03 Å². The van der Waals surface area contributed by atoms with Crippen molar-refractivity contribution in [3.05, 3.63) is 71.9 Å². The summed E-state index contributed by atoms with van der Waals surface area (Å²) >= 11 is 0. The summed E-state index contributed by atoms with van der Waals surface area (Å²) in [6, 6.07) is 15.7. The number of carboxylic acid groups (broad SMARTS) is 1. The van der Waals surface area contributed by atoms with Gasteiger partial charge in [-0.25, -0.2) is 13.2 Å². The molecule has 11 heteroatoms. The first-order chi connectivity index (χ1) is 16.8. The van der Waals surface area contributed by atoms with E-state index in [0.717, 1.165) is 17.5 Å². The van der Waals surface area contributed by atoms with Gasteiger partial charge in [-0.2, -0.15) is 9.40 Å². The highest BCUT2D eigenvalue weighted by Gasteiger charge is 2.33. The smallest absolute Gasteiger partial charge is 0.407 e. The van der Waals surface area contributed by atoms with E-state index in [2.05, 4.69) is 5.10 Å². The van der Waals surface area contributed by atoms with Gasteiger partial charge in [-0.15, -0.1) is 0 Å². The number of carbonyl (C=O) groups is 1. The molecule has 0 saturated carbocycles. The van der Waals surface area contributed by atoms with Gasteiger partial charge in [-0.05, 0) is 47.9 Å². The van der Waals surface area contributed by atoms with Crippen molar-refractivity contribution in [3.63, 3.8) is 0 Å². The van der Waals surface area contributed by atoms with Crippen LogP contribution < -0.4 is 9.47 Å². The Labute approximate surface area is 204 Å². The standard InChI is InChI=1S/C24H28N4O6S/c1-33-21-7-3-18(4-8-21)15-27(16-19-5-9-22(34-2)10-6-19)35(31,32)23-12-13-26(25-23)17-20-11-14-28(20)24(29)30/h3-10,12-13,20H,11,14-17H2,1-2H3,(H,29,30). The Balaban J connectivity index is 1.57. The lowest BCUT2D eigenvalue weighted by atomic mass is 10.0. The van der Waals surface area contributed by atoms with Crippen LogP contribution in [0.2, 0.25) is 0 Å². The van der Waals surface area contributed by atoms with Crippen molar-refractivity contribution in [3.8, 4) is 11.5 Å². The van der Waals surface area contributed by atoms with Crippen molar-refractivity contribution in [2.75, 3.05) is 20.8 Å². The van der Waals surface area contributed by atoms with Gasteiger partial charge in [-0.1, -0.05) is 24.3 Å². The number of hydrogen-bond donors (Lipinski definition) is 1. The van der Waals surface area contributed by atoms with Crippen molar-refractivity contribution in [2.45, 2.75) is 37.1 Å². The van der Waals surface area contributed by atoms with Gasteiger partial charge in [0.05, 0.1) is 26.8 Å². The molecule has 1 aromatic heterocycles. The van der Waals surface area contributed by atoms with Crippen LogP contribution in [0.15, 0.2) is 65.8 Å². The maximum absolute atomic E-state index is 13.6. The zero-order valence-corrected chi connectivity index (χ0v) is 20.4. The van der Waals surface area contributed by atoms with Gasteiger partial charge in [0.25, 0.3) is 10.0 Å². The van der Waals surface area contributed by atoms with E-state index in [9.17, 15) is 18.3 Å². The number of sulfonamides is 1. The highest BCUT2D eigenvalue weighted by Crippen LogP contribution is 2.24. The summed E-state index contributed by atoms with van der Waals surface area (Å²) in [5.74, 6) is 1.37. The van der Waals surface area contributed by atoms with Crippen LogP contribution in [0.1, 0.15) is 17.5 Å². The number of methoxy groups -OCH3 is 2. The minimum Gasteiger partial charge on any atom is -0.497 e. The zero-order chi connectivity index (χ0) is 25.0. The fourth-order valence-electron chi connectivity index (χ4n) is 3.91. The quantitative estimate of drug-likeness (QED) is 0.455. The van der Waals surface area contributed by atoms with Crippen LogP contribution in [-0.2, 0) is 29.7 Å². The first-order valence-corrected chi connectivity index (χ1v) is 12.5. The molecule has 1 N–H and O–H groups in total. The van der Waals surface area contributed by atoms with E-state index in [0.29, 0.717) is 24.6 Å². The van der Waals surface area contributed by atoms with Crippen molar-refractivity contribution in [1.29, 1.82) is 0 Å². The van der Waals surface area contributed by atoms with Crippen LogP contribution in [0.25, 0.3) is 0 Å². The zero-order valence-electron chi connectivity index (χ0n) is 19.6. The third-order valence-corrected chi connectivity index (χ3v) is 7.73. The molecule has 2 heterocycles. The lowest BCUT2D eigenvalue weighted by molar-refractivity contribution is 0.0656. The van der Waals surface area contributed by atoms with E-state index in [1.165, 1.54) is 20.0 Å². The Bertz CT molecular complexity index is 1210. The van der Waals surface area contributed by atoms with Crippen LogP contribution in [-0.4, -0.2) is 65.4 Å². The topological polar surface area (TPSA) is 114 Å². The van der Waals surface area contributed by atoms with Gasteiger partial charge in [-0.3, -0.25) is 4.68 Å². The fourth-order valence-corrected chi connectivity index (χ4v) is 5.25. The third kappa shape index (κ3) is 5.57. The van der Waals surface area contributed by atoms with Gasteiger partial charge < -0.3 is 19.5 Å². The summed E-state index contributed by atoms with van der Waals surface area (Å²) in [6.45, 7) is 1.06. The second kappa shape index (κ2) is 10.4. The Morgan fingerprint density at radius 2 is 1.54 bits per heavy atom. The number of aromatic nitrogens is 2. The van der Waals surface area contributed by atoms with E-state index in [1.54, 1.807) is 44.7 Å². The van der Waals surface area contributed by atoms with Crippen LogP contribution in [0.4, 0.5) is 4.79 Å². The molecule has 0 spiro atoms. The monoisotopic (exact) mass is 500 g/mol. The van der Waals surface area contributed by atoms with E-state index >= 15 is 0 Å². The molecule has 1 saturated heterocycles. The third-order valence-electron chi connectivity index (χ3n) is 6.04. The molecule has 10 nitrogen and oxygen atoms in total. The van der Waals surface area contributed by atoms with Crippen molar-refractivity contribution in [2.24, 2.45) is 0 Å². The molecule has 35 heavy (non-hydrogen) atoms. The van der Waals surface area contributed by atoms with Crippen molar-refractivity contribution < 1.29 is 27.8 Å². The largest absolute Gasteiger partial charge is 0.497 e. The fraction of sp³-hybridized carbons (Fsp3) is 0.333. The maximum atomic E-state index is 13.6. The highest BCUT2D eigenvalue weighted by atomic mass is 32.2. The summed E-state index contributed by atoms with van der Waals surface area (Å²) in [5.41, 5.74) is 1.60. The SMILES string of the molecule is COc1ccc(CN(Cc2ccc(OC)cc2)S(=O)(=O)c2ccn(CC3CCN3C(=O)O)n2)cc1. The van der Waals surface area contributed by atoms with Crippen molar-refractivity contribution >= 4 is 16.1 Å². The molecule has 1 aliphatic rings. The first-order valence-electron chi connectivity index (χ1n) is 11.1. The molecule has 4 rings (SSSR count). The van der Waals surface area contributed by atoms with E-state index in [4.69, 9.17) is 9.47 Å². The van der Waals surface area contributed by atoms with Crippen LogP contribution >= 0.6 is 0 Å². The van der Waals surface area contributed by atoms with Crippen LogP contribution in [0.5, 0.6) is 11.5 Å². The average Bonchev–Trinajstić information content (AvgIpc) is 3.32. The van der Waals surface area contributed by atoms with E-state index in [-0.39, 0.29) is 24.2 Å². The predicted molar refractivity (Wildman–Crippen MR) is 128 cm³/mol. The van der Waals surface area contributed by atoms with Crippen LogP contribution in [0, 0.1) is 0 Å². The number of benzene rings is 2. The van der Waals surface area contributed by atoms with Crippen molar-refractivity contribution in [1.82, 2.24) is 19.0 Å². The Hall–Kier alpha value is -3.57. The second-order valence-electron chi connectivity index (χ2n) is 8.26. The molecule has 0 radical (unpaired) electrons. The summed E-state index contributed by atoms with van der Waals surface area (Å²) in [7, 11) is -0.804. The normalized spacial score (nSPS) is 15.6. The predicted octanol–water partition coefficient (Wildman–Crippen LogP) is 3.04. The van der Waals surface area contributed by atoms with Gasteiger partial charge in [0.2, 0.25) is 0 Å². The molecular formula is C24H28N4O6S. The summed E-state index contributed by atoms with van der Waals surface area (Å²) in [4.78, 5) is 12.6. The molecular weight excluding hydrogens is 472 g/mol. The van der Waals surface area contributed by atoms with Crippen LogP contribution in [0.3, 0.4) is 0 Å².